The molecule has 6 nitrogen and oxygen atoms in total. The zero-order valence-corrected chi connectivity index (χ0v) is 20.5. The molecule has 4 rings (SSSR count). The lowest BCUT2D eigenvalue weighted by Crippen LogP contribution is -2.42. The normalized spacial score (nSPS) is 10.4. The number of thiazole rings is 1. The lowest BCUT2D eigenvalue weighted by atomic mass is 10.1. The van der Waals surface area contributed by atoms with Crippen molar-refractivity contribution in [2.75, 3.05) is 18.8 Å². The van der Waals surface area contributed by atoms with E-state index in [0.29, 0.717) is 23.8 Å². The van der Waals surface area contributed by atoms with Gasteiger partial charge in [0, 0.05) is 29.6 Å². The Labute approximate surface area is 215 Å². The number of carbonyl (C=O) groups excluding carboxylic acids is 2. The summed E-state index contributed by atoms with van der Waals surface area (Å²) in [6.07, 6.45) is 5.56. The van der Waals surface area contributed by atoms with Crippen LogP contribution in [0.2, 0.25) is 0 Å². The largest absolute Gasteiger partial charge is 0.375 e. The number of rotatable bonds is 9. The Kier molecular flexibility index (Phi) is 8.12. The predicted octanol–water partition coefficient (Wildman–Crippen LogP) is 4.70. The first-order chi connectivity index (χ1) is 17.5. The van der Waals surface area contributed by atoms with Gasteiger partial charge in [0.25, 0.3) is 5.91 Å². The van der Waals surface area contributed by atoms with Crippen LogP contribution in [0.25, 0.3) is 11.3 Å². The number of nitrogens with two attached hydrogens (primary N) is 1. The highest BCUT2D eigenvalue weighted by atomic mass is 32.1. The molecule has 0 atom stereocenters. The van der Waals surface area contributed by atoms with Gasteiger partial charge in [-0.3, -0.25) is 9.59 Å². The van der Waals surface area contributed by atoms with Crippen molar-refractivity contribution in [2.24, 2.45) is 0 Å². The molecule has 0 aliphatic carbocycles. The van der Waals surface area contributed by atoms with Crippen molar-refractivity contribution in [1.29, 1.82) is 0 Å². The fourth-order valence-corrected chi connectivity index (χ4v) is 4.37. The molecule has 0 radical (unpaired) electrons. The van der Waals surface area contributed by atoms with Crippen molar-refractivity contribution in [3.63, 3.8) is 0 Å². The fourth-order valence-electron chi connectivity index (χ4n) is 3.80. The monoisotopic (exact) mass is 494 g/mol. The number of terminal acetylenes is 1. The molecule has 0 unspecified atom stereocenters. The van der Waals surface area contributed by atoms with E-state index in [-0.39, 0.29) is 24.9 Å². The van der Waals surface area contributed by atoms with Crippen LogP contribution in [0.4, 0.5) is 5.13 Å². The van der Waals surface area contributed by atoms with Gasteiger partial charge in [-0.2, -0.15) is 0 Å². The molecule has 0 fully saturated rings. The van der Waals surface area contributed by atoms with Gasteiger partial charge in [0.1, 0.15) is 6.54 Å². The highest BCUT2D eigenvalue weighted by Gasteiger charge is 2.22. The SMILES string of the molecule is C#CCN(CC(=O)N(Cc1ccccc1)Cc1ccccc1)C(=O)c1ccc(-c2csc(N)n2)cc1. The molecule has 0 bridgehead atoms. The quantitative estimate of drug-likeness (QED) is 0.342. The summed E-state index contributed by atoms with van der Waals surface area (Å²) in [6, 6.07) is 26.6. The molecule has 2 N–H and O–H groups in total. The molecule has 4 aromatic rings. The van der Waals surface area contributed by atoms with Crippen LogP contribution < -0.4 is 5.73 Å². The molecular weight excluding hydrogens is 468 g/mol. The first-order valence-corrected chi connectivity index (χ1v) is 12.3. The van der Waals surface area contributed by atoms with E-state index in [9.17, 15) is 9.59 Å². The minimum absolute atomic E-state index is 0.0272. The van der Waals surface area contributed by atoms with Gasteiger partial charge in [-0.25, -0.2) is 4.98 Å². The summed E-state index contributed by atoms with van der Waals surface area (Å²) in [6.45, 7) is 0.767. The van der Waals surface area contributed by atoms with Crippen molar-refractivity contribution in [3.05, 3.63) is 107 Å². The summed E-state index contributed by atoms with van der Waals surface area (Å²) in [5.74, 6) is 2.03. The molecule has 0 spiro atoms. The first-order valence-electron chi connectivity index (χ1n) is 11.4. The van der Waals surface area contributed by atoms with E-state index in [1.165, 1.54) is 16.2 Å². The summed E-state index contributed by atoms with van der Waals surface area (Å²) in [7, 11) is 0. The zero-order valence-electron chi connectivity index (χ0n) is 19.7. The van der Waals surface area contributed by atoms with Crippen LogP contribution in [0, 0.1) is 12.3 Å². The van der Waals surface area contributed by atoms with E-state index in [1.807, 2.05) is 78.2 Å². The van der Waals surface area contributed by atoms with Crippen LogP contribution in [0.1, 0.15) is 21.5 Å². The van der Waals surface area contributed by atoms with E-state index < -0.39 is 0 Å². The minimum Gasteiger partial charge on any atom is -0.375 e. The smallest absolute Gasteiger partial charge is 0.255 e. The second-order valence-electron chi connectivity index (χ2n) is 8.23. The average molecular weight is 495 g/mol. The van der Waals surface area contributed by atoms with Crippen LogP contribution in [0.5, 0.6) is 0 Å². The molecule has 2 amide bonds. The van der Waals surface area contributed by atoms with Crippen LogP contribution in [-0.4, -0.2) is 39.7 Å². The van der Waals surface area contributed by atoms with Gasteiger partial charge >= 0.3 is 0 Å². The summed E-state index contributed by atoms with van der Waals surface area (Å²) in [5, 5.41) is 2.35. The summed E-state index contributed by atoms with van der Waals surface area (Å²) >= 11 is 1.36. The molecule has 7 heteroatoms. The number of amides is 2. The Hall–Kier alpha value is -4.41. The van der Waals surface area contributed by atoms with Crippen molar-refractivity contribution >= 4 is 28.3 Å². The van der Waals surface area contributed by atoms with Gasteiger partial charge in [-0.05, 0) is 23.3 Å². The second kappa shape index (κ2) is 11.8. The first kappa shape index (κ1) is 24.7. The van der Waals surface area contributed by atoms with E-state index in [1.54, 1.807) is 17.0 Å². The second-order valence-corrected chi connectivity index (χ2v) is 9.12. The average Bonchev–Trinajstić information content (AvgIpc) is 3.35. The van der Waals surface area contributed by atoms with Gasteiger partial charge in [0.15, 0.2) is 5.13 Å². The Morgan fingerprint density at radius 1 is 0.861 bits per heavy atom. The third-order valence-corrected chi connectivity index (χ3v) is 6.30. The molecule has 36 heavy (non-hydrogen) atoms. The third kappa shape index (κ3) is 6.38. The Bertz CT molecular complexity index is 1300. The number of hydrogen-bond donors (Lipinski definition) is 1. The van der Waals surface area contributed by atoms with Gasteiger partial charge in [-0.1, -0.05) is 78.7 Å². The molecule has 0 aliphatic rings. The maximum Gasteiger partial charge on any atom is 0.255 e. The highest BCUT2D eigenvalue weighted by Crippen LogP contribution is 2.23. The summed E-state index contributed by atoms with van der Waals surface area (Å²) in [5.41, 5.74) is 9.80. The van der Waals surface area contributed by atoms with E-state index in [2.05, 4.69) is 10.9 Å². The fraction of sp³-hybridized carbons (Fsp3) is 0.138. The molecule has 0 saturated carbocycles. The lowest BCUT2D eigenvalue weighted by molar-refractivity contribution is -0.133. The maximum absolute atomic E-state index is 13.5. The third-order valence-electron chi connectivity index (χ3n) is 5.63. The number of nitrogen functional groups attached to an aromatic ring is 1. The van der Waals surface area contributed by atoms with Gasteiger partial charge in [-0.15, -0.1) is 17.8 Å². The molecule has 1 aromatic heterocycles. The van der Waals surface area contributed by atoms with Crippen molar-refractivity contribution in [3.8, 4) is 23.6 Å². The molecule has 3 aromatic carbocycles. The number of anilines is 1. The number of benzene rings is 3. The van der Waals surface area contributed by atoms with E-state index in [4.69, 9.17) is 12.2 Å². The van der Waals surface area contributed by atoms with Crippen molar-refractivity contribution in [1.82, 2.24) is 14.8 Å². The van der Waals surface area contributed by atoms with E-state index >= 15 is 0 Å². The van der Waals surface area contributed by atoms with Crippen LogP contribution in [0.15, 0.2) is 90.3 Å². The number of aromatic nitrogens is 1. The van der Waals surface area contributed by atoms with Crippen LogP contribution in [0.3, 0.4) is 0 Å². The Morgan fingerprint density at radius 3 is 1.94 bits per heavy atom. The molecule has 0 saturated heterocycles. The Balaban J connectivity index is 1.51. The van der Waals surface area contributed by atoms with Gasteiger partial charge in [0.2, 0.25) is 5.91 Å². The number of carbonyl (C=O) groups is 2. The van der Waals surface area contributed by atoms with Crippen molar-refractivity contribution < 1.29 is 9.59 Å². The van der Waals surface area contributed by atoms with Crippen LogP contribution in [-0.2, 0) is 17.9 Å². The van der Waals surface area contributed by atoms with Crippen molar-refractivity contribution in [2.45, 2.75) is 13.1 Å². The summed E-state index contributed by atoms with van der Waals surface area (Å²) < 4.78 is 0. The van der Waals surface area contributed by atoms with Gasteiger partial charge < -0.3 is 15.5 Å². The molecular formula is C29H26N4O2S. The molecule has 180 valence electrons. The minimum atomic E-state index is -0.301. The Morgan fingerprint density at radius 2 is 1.44 bits per heavy atom. The maximum atomic E-state index is 13.5. The number of nitrogens with zero attached hydrogens (tertiary/aromatic N) is 3. The number of hydrogen-bond acceptors (Lipinski definition) is 5. The van der Waals surface area contributed by atoms with Gasteiger partial charge in [0.05, 0.1) is 12.2 Å². The zero-order chi connectivity index (χ0) is 25.3. The predicted molar refractivity (Wildman–Crippen MR) is 144 cm³/mol. The van der Waals surface area contributed by atoms with E-state index in [0.717, 1.165) is 22.4 Å². The summed E-state index contributed by atoms with van der Waals surface area (Å²) in [4.78, 5) is 34.2. The molecule has 0 aliphatic heterocycles. The van der Waals surface area contributed by atoms with Crippen LogP contribution >= 0.6 is 11.3 Å². The highest BCUT2D eigenvalue weighted by molar-refractivity contribution is 7.13. The molecule has 1 heterocycles. The standard InChI is InChI=1S/C29H26N4O2S/c1-2-17-32(28(35)25-15-13-24(14-16-25)26-21-36-29(30)31-26)20-27(34)33(18-22-9-5-3-6-10-22)19-23-11-7-4-8-12-23/h1,3-16,21H,17-20H2,(H2,30,31). The lowest BCUT2D eigenvalue weighted by Gasteiger charge is -2.27. The topological polar surface area (TPSA) is 79.5 Å².